The molecule has 1 aliphatic rings. The fraction of sp³-hybridized carbons (Fsp3) is 0.500. The summed E-state index contributed by atoms with van der Waals surface area (Å²) < 4.78 is 1.80. The number of carbonyl (C=O) groups is 1. The number of hydrogen-bond acceptors (Lipinski definition) is 4. The van der Waals surface area contributed by atoms with Crippen LogP contribution in [0.25, 0.3) is 5.82 Å². The maximum Gasteiger partial charge on any atom is 0.255 e. The number of nitrogens with zero attached hydrogens (tertiary/aromatic N) is 4. The number of rotatable bonds is 5. The second kappa shape index (κ2) is 9.90. The molecule has 1 aliphatic heterocycles. The van der Waals surface area contributed by atoms with E-state index in [1.54, 1.807) is 10.9 Å². The Balaban J connectivity index is 0.00000169. The van der Waals surface area contributed by atoms with Gasteiger partial charge in [0.15, 0.2) is 5.82 Å². The highest BCUT2D eigenvalue weighted by Crippen LogP contribution is 2.15. The van der Waals surface area contributed by atoms with E-state index in [9.17, 15) is 4.79 Å². The molecule has 6 nitrogen and oxygen atoms in total. The molecule has 1 N–H and O–H groups in total. The van der Waals surface area contributed by atoms with Crippen LogP contribution in [0.1, 0.15) is 41.5 Å². The van der Waals surface area contributed by atoms with Crippen LogP contribution in [0, 0.1) is 13.8 Å². The molecule has 144 valence electrons. The summed E-state index contributed by atoms with van der Waals surface area (Å²) in [6, 6.07) is 6.01. The molecule has 0 spiro atoms. The monoisotopic (exact) mass is 399 g/mol. The summed E-state index contributed by atoms with van der Waals surface area (Å²) in [5.74, 6) is 0.805. The lowest BCUT2D eigenvalue weighted by atomic mass is 10.1. The van der Waals surface area contributed by atoms with Gasteiger partial charge in [0.1, 0.15) is 0 Å². The summed E-state index contributed by atoms with van der Waals surface area (Å²) in [7, 11) is 0. The van der Waals surface area contributed by atoms with Gasteiger partial charge in [0.2, 0.25) is 0 Å². The van der Waals surface area contributed by atoms with Crippen LogP contribution in [0.4, 0.5) is 0 Å². The lowest BCUT2D eigenvalue weighted by Crippen LogP contribution is -2.42. The van der Waals surface area contributed by atoms with Crippen molar-refractivity contribution in [3.63, 3.8) is 0 Å². The topological polar surface area (TPSA) is 63.1 Å². The number of amides is 1. The van der Waals surface area contributed by atoms with Crippen molar-refractivity contribution in [2.45, 2.75) is 39.7 Å². The number of hydrogen-bond donors (Lipinski definition) is 1. The maximum atomic E-state index is 12.9. The number of nitrogens with one attached hydrogen (secondary N) is 1. The predicted octanol–water partition coefficient (Wildman–Crippen LogP) is 2.94. The zero-order valence-corrected chi connectivity index (χ0v) is 17.1. The number of aryl methyl sites for hydroxylation is 2. The van der Waals surface area contributed by atoms with Gasteiger partial charge in [0.25, 0.3) is 5.91 Å². The van der Waals surface area contributed by atoms with E-state index in [-0.39, 0.29) is 36.8 Å². The smallest absolute Gasteiger partial charge is 0.255 e. The third-order valence-electron chi connectivity index (χ3n) is 4.42. The zero-order valence-electron chi connectivity index (χ0n) is 15.4. The molecule has 3 rings (SSSR count). The Hall–Kier alpha value is -1.63. The maximum absolute atomic E-state index is 12.9. The molecule has 1 atom stereocenters. The van der Waals surface area contributed by atoms with Crippen LogP contribution in [0.3, 0.4) is 0 Å². The van der Waals surface area contributed by atoms with Gasteiger partial charge in [-0.25, -0.2) is 9.67 Å². The number of halogens is 2. The molecule has 2 aromatic rings. The van der Waals surface area contributed by atoms with Gasteiger partial charge in [-0.2, -0.15) is 5.10 Å². The highest BCUT2D eigenvalue weighted by molar-refractivity contribution is 5.94. The Morgan fingerprint density at radius 1 is 1.35 bits per heavy atom. The Labute approximate surface area is 167 Å². The second-order valence-corrected chi connectivity index (χ2v) is 6.39. The van der Waals surface area contributed by atoms with Crippen molar-refractivity contribution in [2.75, 3.05) is 19.6 Å². The van der Waals surface area contributed by atoms with E-state index >= 15 is 0 Å². The summed E-state index contributed by atoms with van der Waals surface area (Å²) >= 11 is 0. The van der Waals surface area contributed by atoms with Crippen molar-refractivity contribution in [2.24, 2.45) is 0 Å². The van der Waals surface area contributed by atoms with Crippen molar-refractivity contribution < 1.29 is 4.79 Å². The van der Waals surface area contributed by atoms with Crippen LogP contribution in [0.15, 0.2) is 24.4 Å². The second-order valence-electron chi connectivity index (χ2n) is 6.39. The van der Waals surface area contributed by atoms with Gasteiger partial charge in [0.05, 0.1) is 11.3 Å². The average molecular weight is 400 g/mol. The normalized spacial score (nSPS) is 15.9. The predicted molar refractivity (Wildman–Crippen MR) is 108 cm³/mol. The number of pyridine rings is 1. The van der Waals surface area contributed by atoms with Gasteiger partial charge < -0.3 is 10.2 Å². The van der Waals surface area contributed by atoms with E-state index in [1.807, 2.05) is 36.9 Å². The molecule has 3 heterocycles. The Kier molecular flexibility index (Phi) is 8.53. The molecule has 0 saturated carbocycles. The van der Waals surface area contributed by atoms with Crippen molar-refractivity contribution in [1.29, 1.82) is 0 Å². The molecule has 1 fully saturated rings. The van der Waals surface area contributed by atoms with E-state index in [4.69, 9.17) is 0 Å². The van der Waals surface area contributed by atoms with Crippen LogP contribution in [-0.4, -0.2) is 51.2 Å². The average Bonchev–Trinajstić information content (AvgIpc) is 3.22. The molecule has 0 aliphatic carbocycles. The highest BCUT2D eigenvalue weighted by atomic mass is 35.5. The molecular weight excluding hydrogens is 373 g/mol. The molecule has 0 radical (unpaired) electrons. The molecule has 8 heteroatoms. The van der Waals surface area contributed by atoms with Gasteiger partial charge in [-0.15, -0.1) is 24.8 Å². The number of aromatic nitrogens is 3. The van der Waals surface area contributed by atoms with Crippen LogP contribution in [0.5, 0.6) is 0 Å². The molecule has 1 saturated heterocycles. The van der Waals surface area contributed by atoms with Crippen LogP contribution < -0.4 is 5.32 Å². The molecule has 0 bridgehead atoms. The first-order chi connectivity index (χ1) is 11.6. The fourth-order valence-electron chi connectivity index (χ4n) is 3.26. The van der Waals surface area contributed by atoms with Crippen molar-refractivity contribution in [1.82, 2.24) is 25.0 Å². The summed E-state index contributed by atoms with van der Waals surface area (Å²) in [6.07, 6.45) is 3.64. The summed E-state index contributed by atoms with van der Waals surface area (Å²) in [6.45, 7) is 8.70. The lowest BCUT2D eigenvalue weighted by molar-refractivity contribution is 0.0692. The Morgan fingerprint density at radius 3 is 2.62 bits per heavy atom. The van der Waals surface area contributed by atoms with E-state index in [0.717, 1.165) is 49.7 Å². The highest BCUT2D eigenvalue weighted by Gasteiger charge is 2.26. The zero-order chi connectivity index (χ0) is 17.1. The fourth-order valence-corrected chi connectivity index (χ4v) is 3.26. The van der Waals surface area contributed by atoms with Gasteiger partial charge in [-0.3, -0.25) is 4.79 Å². The quantitative estimate of drug-likeness (QED) is 0.839. The molecular formula is C18H27Cl2N5O. The minimum Gasteiger partial charge on any atom is -0.334 e. The third-order valence-corrected chi connectivity index (χ3v) is 4.42. The lowest BCUT2D eigenvalue weighted by Gasteiger charge is -2.28. The molecule has 2 aromatic heterocycles. The van der Waals surface area contributed by atoms with Gasteiger partial charge in [0, 0.05) is 31.0 Å². The molecule has 1 amide bonds. The number of carbonyl (C=O) groups excluding carboxylic acids is 1. The first kappa shape index (κ1) is 22.4. The van der Waals surface area contributed by atoms with Gasteiger partial charge >= 0.3 is 0 Å². The van der Waals surface area contributed by atoms with E-state index in [2.05, 4.69) is 22.3 Å². The minimum absolute atomic E-state index is 0. The van der Waals surface area contributed by atoms with E-state index in [1.165, 1.54) is 0 Å². The van der Waals surface area contributed by atoms with E-state index in [0.29, 0.717) is 5.56 Å². The molecule has 26 heavy (non-hydrogen) atoms. The van der Waals surface area contributed by atoms with Crippen molar-refractivity contribution >= 4 is 30.7 Å². The molecule has 0 aromatic carbocycles. The summed E-state index contributed by atoms with van der Waals surface area (Å²) in [4.78, 5) is 19.3. The Bertz CT molecular complexity index is 711. The summed E-state index contributed by atoms with van der Waals surface area (Å²) in [5, 5.41) is 7.77. The third kappa shape index (κ3) is 4.75. The minimum atomic E-state index is 0. The van der Waals surface area contributed by atoms with Crippen LogP contribution in [-0.2, 0) is 0 Å². The largest absolute Gasteiger partial charge is 0.334 e. The van der Waals surface area contributed by atoms with Gasteiger partial charge in [-0.05, 0) is 51.4 Å². The van der Waals surface area contributed by atoms with Crippen molar-refractivity contribution in [3.8, 4) is 5.82 Å². The van der Waals surface area contributed by atoms with Crippen LogP contribution >= 0.6 is 24.8 Å². The van der Waals surface area contributed by atoms with E-state index < -0.39 is 0 Å². The van der Waals surface area contributed by atoms with Gasteiger partial charge in [-0.1, -0.05) is 6.92 Å². The standard InChI is InChI=1S/C18H25N5O.2ClH/c1-4-9-22(16-7-8-19-12-16)18(24)15-5-6-17(20-11-15)23-14(3)10-13(2)21-23;;/h5-6,10-11,16,19H,4,7-9,12H2,1-3H3;2*1H. The van der Waals surface area contributed by atoms with Crippen LogP contribution in [0.2, 0.25) is 0 Å². The first-order valence-electron chi connectivity index (χ1n) is 8.61. The molecule has 1 unspecified atom stereocenters. The Morgan fingerprint density at radius 2 is 2.12 bits per heavy atom. The summed E-state index contributed by atoms with van der Waals surface area (Å²) in [5.41, 5.74) is 2.63. The SMILES string of the molecule is CCCN(C(=O)c1ccc(-n2nc(C)cc2C)nc1)C1CCNC1.Cl.Cl. The van der Waals surface area contributed by atoms with Crippen molar-refractivity contribution in [3.05, 3.63) is 41.3 Å². The first-order valence-corrected chi connectivity index (χ1v) is 8.61.